The van der Waals surface area contributed by atoms with Gasteiger partial charge in [0.25, 0.3) is 5.91 Å². The van der Waals surface area contributed by atoms with E-state index in [9.17, 15) is 13.2 Å². The molecular weight excluding hydrogens is 470 g/mol. The van der Waals surface area contributed by atoms with Crippen molar-refractivity contribution in [1.82, 2.24) is 14.5 Å². The van der Waals surface area contributed by atoms with Gasteiger partial charge in [0.2, 0.25) is 10.0 Å². The molecule has 1 aliphatic rings. The number of carbonyl (C=O) groups is 1. The molecule has 0 saturated heterocycles. The molecular formula is C25H29N3O4S2. The van der Waals surface area contributed by atoms with E-state index in [1.807, 2.05) is 30.3 Å². The lowest BCUT2D eigenvalue weighted by atomic mass is 10.1. The highest BCUT2D eigenvalue weighted by atomic mass is 32.2. The van der Waals surface area contributed by atoms with E-state index in [1.54, 1.807) is 17.4 Å². The van der Waals surface area contributed by atoms with Gasteiger partial charge in [-0.15, -0.1) is 11.3 Å². The summed E-state index contributed by atoms with van der Waals surface area (Å²) in [4.78, 5) is 16.5. The zero-order chi connectivity index (χ0) is 24.1. The molecule has 2 heterocycles. The Morgan fingerprint density at radius 3 is 2.74 bits per heavy atom. The van der Waals surface area contributed by atoms with Gasteiger partial charge in [0.05, 0.1) is 7.11 Å². The minimum absolute atomic E-state index is 0.0258. The van der Waals surface area contributed by atoms with E-state index in [0.29, 0.717) is 6.54 Å². The fraction of sp³-hybridized carbons (Fsp3) is 0.320. The fourth-order valence-corrected chi connectivity index (χ4v) is 6.27. The van der Waals surface area contributed by atoms with Gasteiger partial charge >= 0.3 is 0 Å². The molecule has 0 unspecified atom stereocenters. The Morgan fingerprint density at radius 2 is 1.97 bits per heavy atom. The minimum Gasteiger partial charge on any atom is -0.495 e. The van der Waals surface area contributed by atoms with Crippen LogP contribution in [0.25, 0.3) is 0 Å². The number of nitrogens with zero attached hydrogens (tertiary/aromatic N) is 2. The molecule has 7 nitrogen and oxygen atoms in total. The Labute approximate surface area is 205 Å². The van der Waals surface area contributed by atoms with E-state index < -0.39 is 10.0 Å². The van der Waals surface area contributed by atoms with Crippen molar-refractivity contribution in [2.45, 2.75) is 24.4 Å². The van der Waals surface area contributed by atoms with E-state index in [4.69, 9.17) is 4.74 Å². The van der Waals surface area contributed by atoms with Crippen LogP contribution in [-0.2, 0) is 29.5 Å². The molecule has 4 rings (SSSR count). The lowest BCUT2D eigenvalue weighted by Crippen LogP contribution is -2.37. The monoisotopic (exact) mass is 499 g/mol. The van der Waals surface area contributed by atoms with Crippen molar-refractivity contribution in [1.29, 1.82) is 0 Å². The van der Waals surface area contributed by atoms with Gasteiger partial charge in [-0.25, -0.2) is 8.42 Å². The molecule has 1 amide bonds. The summed E-state index contributed by atoms with van der Waals surface area (Å²) in [7, 11) is -0.936. The highest BCUT2D eigenvalue weighted by Gasteiger charge is 2.26. The summed E-state index contributed by atoms with van der Waals surface area (Å²) in [5.41, 5.74) is 2.52. The van der Waals surface area contributed by atoms with Crippen LogP contribution in [0.4, 0.5) is 0 Å². The average Bonchev–Trinajstić information content (AvgIpc) is 3.32. The summed E-state index contributed by atoms with van der Waals surface area (Å²) in [5, 5.41) is 5.05. The molecule has 0 spiro atoms. The lowest BCUT2D eigenvalue weighted by molar-refractivity contribution is 0.0947. The van der Waals surface area contributed by atoms with Gasteiger partial charge in [-0.1, -0.05) is 30.3 Å². The molecule has 0 atom stereocenters. The molecule has 0 saturated carbocycles. The van der Waals surface area contributed by atoms with Crippen molar-refractivity contribution >= 4 is 27.3 Å². The third-order valence-corrected chi connectivity index (χ3v) is 8.81. The summed E-state index contributed by atoms with van der Waals surface area (Å²) < 4.78 is 33.2. The molecule has 34 heavy (non-hydrogen) atoms. The third-order valence-electron chi connectivity index (χ3n) is 5.96. The minimum atomic E-state index is -3.88. The number of ether oxygens (including phenoxy) is 1. The first-order chi connectivity index (χ1) is 16.4. The summed E-state index contributed by atoms with van der Waals surface area (Å²) in [6.45, 7) is 3.31. The first kappa shape index (κ1) is 24.4. The zero-order valence-electron chi connectivity index (χ0n) is 19.4. The maximum absolute atomic E-state index is 13.3. The number of hydrogen-bond acceptors (Lipinski definition) is 6. The van der Waals surface area contributed by atoms with Gasteiger partial charge < -0.3 is 10.1 Å². The number of fused-ring (bicyclic) bond motifs is 1. The Hall–Kier alpha value is -2.72. The summed E-state index contributed by atoms with van der Waals surface area (Å²) in [5.74, 6) is -0.102. The van der Waals surface area contributed by atoms with Gasteiger partial charge in [-0.3, -0.25) is 9.69 Å². The SMILES string of the molecule is COc1ccc(C(=O)NCCN2CCc3sccc3C2)cc1S(=O)(=O)N(C)Cc1ccccc1. The number of carbonyl (C=O) groups excluding carboxylic acids is 1. The largest absolute Gasteiger partial charge is 0.495 e. The van der Waals surface area contributed by atoms with Gasteiger partial charge in [-0.2, -0.15) is 4.31 Å². The smallest absolute Gasteiger partial charge is 0.251 e. The molecule has 180 valence electrons. The van der Waals surface area contributed by atoms with Crippen LogP contribution in [0.15, 0.2) is 64.9 Å². The summed E-state index contributed by atoms with van der Waals surface area (Å²) in [6.07, 6.45) is 1.04. The molecule has 1 N–H and O–H groups in total. The predicted molar refractivity (Wildman–Crippen MR) is 134 cm³/mol. The van der Waals surface area contributed by atoms with E-state index in [0.717, 1.165) is 31.6 Å². The average molecular weight is 500 g/mol. The molecule has 3 aromatic rings. The summed E-state index contributed by atoms with van der Waals surface area (Å²) >= 11 is 1.80. The molecule has 1 aromatic heterocycles. The molecule has 1 aliphatic heterocycles. The molecule has 0 aliphatic carbocycles. The van der Waals surface area contributed by atoms with Crippen LogP contribution in [0.1, 0.15) is 26.4 Å². The van der Waals surface area contributed by atoms with Gasteiger partial charge in [0.15, 0.2) is 0 Å². The Morgan fingerprint density at radius 1 is 1.18 bits per heavy atom. The van der Waals surface area contributed by atoms with Crippen LogP contribution in [-0.4, -0.2) is 57.3 Å². The van der Waals surface area contributed by atoms with Crippen molar-refractivity contribution < 1.29 is 17.9 Å². The van der Waals surface area contributed by atoms with Crippen LogP contribution in [0.2, 0.25) is 0 Å². The Kier molecular flexibility index (Phi) is 7.67. The van der Waals surface area contributed by atoms with Crippen molar-refractivity contribution in [2.75, 3.05) is 33.8 Å². The normalized spacial score (nSPS) is 14.1. The number of hydrogen-bond donors (Lipinski definition) is 1. The second kappa shape index (κ2) is 10.7. The lowest BCUT2D eigenvalue weighted by Gasteiger charge is -2.26. The van der Waals surface area contributed by atoms with Crippen LogP contribution in [0.3, 0.4) is 0 Å². The standard InChI is InChI=1S/C25H29N3O4S2/c1-27(17-19-6-4-3-5-7-19)34(30,31)24-16-20(8-9-22(24)32-2)25(29)26-12-14-28-13-10-23-21(18-28)11-15-33-23/h3-9,11,15-16H,10,12-14,17-18H2,1-2H3,(H,26,29). The maximum atomic E-state index is 13.3. The second-order valence-electron chi connectivity index (χ2n) is 8.26. The fourth-order valence-electron chi connectivity index (χ4n) is 4.04. The Balaban J connectivity index is 1.42. The number of amides is 1. The van der Waals surface area contributed by atoms with Crippen molar-refractivity contribution in [3.05, 3.63) is 81.5 Å². The molecule has 0 bridgehead atoms. The topological polar surface area (TPSA) is 79.0 Å². The van der Waals surface area contributed by atoms with Crippen LogP contribution in [0.5, 0.6) is 5.75 Å². The van der Waals surface area contributed by atoms with Crippen molar-refractivity contribution in [3.8, 4) is 5.75 Å². The van der Waals surface area contributed by atoms with Crippen LogP contribution in [0, 0.1) is 0 Å². The predicted octanol–water partition coefficient (Wildman–Crippen LogP) is 3.37. The summed E-state index contributed by atoms with van der Waals surface area (Å²) in [6, 6.07) is 16.0. The first-order valence-corrected chi connectivity index (χ1v) is 13.4. The quantitative estimate of drug-likeness (QED) is 0.488. The molecule has 9 heteroatoms. The molecule has 2 aromatic carbocycles. The highest BCUT2D eigenvalue weighted by Crippen LogP contribution is 2.28. The number of benzene rings is 2. The first-order valence-electron chi connectivity index (χ1n) is 11.1. The maximum Gasteiger partial charge on any atom is 0.251 e. The van der Waals surface area contributed by atoms with E-state index in [2.05, 4.69) is 21.7 Å². The van der Waals surface area contributed by atoms with Crippen molar-refractivity contribution in [3.63, 3.8) is 0 Å². The number of sulfonamides is 1. The number of thiophene rings is 1. The van der Waals surface area contributed by atoms with Gasteiger partial charge in [-0.05, 0) is 47.2 Å². The van der Waals surface area contributed by atoms with E-state index in [-0.39, 0.29) is 28.7 Å². The number of nitrogens with one attached hydrogen (secondary N) is 1. The molecule has 0 radical (unpaired) electrons. The van der Waals surface area contributed by atoms with E-state index in [1.165, 1.54) is 41.0 Å². The van der Waals surface area contributed by atoms with Gasteiger partial charge in [0, 0.05) is 50.2 Å². The highest BCUT2D eigenvalue weighted by molar-refractivity contribution is 7.89. The van der Waals surface area contributed by atoms with Crippen LogP contribution < -0.4 is 10.1 Å². The van der Waals surface area contributed by atoms with Crippen molar-refractivity contribution in [2.24, 2.45) is 0 Å². The Bertz CT molecular complexity index is 1240. The van der Waals surface area contributed by atoms with Gasteiger partial charge in [0.1, 0.15) is 10.6 Å². The third kappa shape index (κ3) is 5.50. The number of methoxy groups -OCH3 is 1. The zero-order valence-corrected chi connectivity index (χ0v) is 21.0. The van der Waals surface area contributed by atoms with E-state index >= 15 is 0 Å². The molecule has 0 fully saturated rings. The number of rotatable bonds is 9. The second-order valence-corrected chi connectivity index (χ2v) is 11.3. The van der Waals surface area contributed by atoms with Crippen LogP contribution >= 0.6 is 11.3 Å².